The summed E-state index contributed by atoms with van der Waals surface area (Å²) in [6.07, 6.45) is 9.91. The highest BCUT2D eigenvalue weighted by atomic mass is 35.5. The van der Waals surface area contributed by atoms with E-state index < -0.39 is 0 Å². The second-order valence-electron chi connectivity index (χ2n) is 4.89. The minimum atomic E-state index is 0.266. The lowest BCUT2D eigenvalue weighted by atomic mass is 9.82. The second-order valence-corrected chi connectivity index (χ2v) is 5.42. The van der Waals surface area contributed by atoms with E-state index >= 15 is 0 Å². The minimum absolute atomic E-state index is 0.266. The van der Waals surface area contributed by atoms with Crippen molar-refractivity contribution < 1.29 is 0 Å². The quantitative estimate of drug-likeness (QED) is 0.711. The van der Waals surface area contributed by atoms with Crippen LogP contribution in [0.1, 0.15) is 38.2 Å². The monoisotopic (exact) mass is 223 g/mol. The first kappa shape index (κ1) is 10.9. The van der Waals surface area contributed by atoms with Gasteiger partial charge >= 0.3 is 0 Å². The highest BCUT2D eigenvalue weighted by molar-refractivity contribution is 6.21. The molecule has 0 spiro atoms. The van der Waals surface area contributed by atoms with Gasteiger partial charge in [-0.2, -0.15) is 0 Å². The lowest BCUT2D eigenvalue weighted by Gasteiger charge is -2.29. The molecular formula is C13H18ClN. The molecule has 2 rings (SSSR count). The molecule has 1 aliphatic rings. The summed E-state index contributed by atoms with van der Waals surface area (Å²) in [4.78, 5) is 4.02. The van der Waals surface area contributed by atoms with Crippen molar-refractivity contribution in [2.75, 3.05) is 0 Å². The molecule has 0 amide bonds. The third-order valence-corrected chi connectivity index (χ3v) is 4.35. The summed E-state index contributed by atoms with van der Waals surface area (Å²) in [7, 11) is 0. The molecule has 1 aliphatic carbocycles. The lowest BCUT2D eigenvalue weighted by molar-refractivity contribution is 0.316. The van der Waals surface area contributed by atoms with Crippen LogP contribution in [-0.2, 0) is 6.42 Å². The molecule has 1 fully saturated rings. The Hall–Kier alpha value is -0.560. The lowest BCUT2D eigenvalue weighted by Crippen LogP contribution is -2.26. The fraction of sp³-hybridized carbons (Fsp3) is 0.615. The largest absolute Gasteiger partial charge is 0.265 e. The Balaban J connectivity index is 2.00. The second kappa shape index (κ2) is 4.52. The maximum absolute atomic E-state index is 6.54. The first-order chi connectivity index (χ1) is 7.21. The molecule has 1 heterocycles. The van der Waals surface area contributed by atoms with Crippen molar-refractivity contribution in [3.05, 3.63) is 30.1 Å². The molecule has 0 aliphatic heterocycles. The van der Waals surface area contributed by atoms with Gasteiger partial charge in [-0.1, -0.05) is 19.8 Å². The molecule has 0 radical (unpaired) electrons. The molecule has 1 aromatic rings. The molecule has 15 heavy (non-hydrogen) atoms. The van der Waals surface area contributed by atoms with E-state index in [0.29, 0.717) is 5.41 Å². The number of rotatable bonds is 3. The van der Waals surface area contributed by atoms with Crippen molar-refractivity contribution >= 4 is 11.6 Å². The standard InChI is InChI=1S/C13H18ClN/c1-13(6-2-3-7-13)12(14)10-11-4-8-15-9-5-11/h4-5,8-9,12H,2-3,6-7,10H2,1H3. The summed E-state index contributed by atoms with van der Waals surface area (Å²) in [6.45, 7) is 2.33. The van der Waals surface area contributed by atoms with Crippen LogP contribution >= 0.6 is 11.6 Å². The van der Waals surface area contributed by atoms with Crippen LogP contribution in [0.4, 0.5) is 0 Å². The predicted molar refractivity (Wildman–Crippen MR) is 64.2 cm³/mol. The average molecular weight is 224 g/mol. The Labute approximate surface area is 96.9 Å². The van der Waals surface area contributed by atoms with E-state index in [1.165, 1.54) is 31.2 Å². The molecule has 2 heteroatoms. The van der Waals surface area contributed by atoms with Crippen molar-refractivity contribution in [3.8, 4) is 0 Å². The van der Waals surface area contributed by atoms with Crippen LogP contribution in [0, 0.1) is 5.41 Å². The Morgan fingerprint density at radius 1 is 1.33 bits per heavy atom. The molecular weight excluding hydrogens is 206 g/mol. The maximum atomic E-state index is 6.54. The van der Waals surface area contributed by atoms with Gasteiger partial charge in [0.15, 0.2) is 0 Å². The van der Waals surface area contributed by atoms with E-state index in [1.54, 1.807) is 0 Å². The van der Waals surface area contributed by atoms with Gasteiger partial charge in [-0.25, -0.2) is 0 Å². The fourth-order valence-electron chi connectivity index (χ4n) is 2.47. The number of nitrogens with zero attached hydrogens (tertiary/aromatic N) is 1. The molecule has 0 saturated heterocycles. The van der Waals surface area contributed by atoms with E-state index in [2.05, 4.69) is 24.0 Å². The van der Waals surface area contributed by atoms with Crippen LogP contribution in [0.2, 0.25) is 0 Å². The van der Waals surface area contributed by atoms with Crippen molar-refractivity contribution in [1.29, 1.82) is 0 Å². The molecule has 0 bridgehead atoms. The summed E-state index contributed by atoms with van der Waals surface area (Å²) in [5.41, 5.74) is 1.66. The highest BCUT2D eigenvalue weighted by Gasteiger charge is 2.35. The van der Waals surface area contributed by atoms with Crippen molar-refractivity contribution in [2.24, 2.45) is 5.41 Å². The third kappa shape index (κ3) is 2.52. The fourth-order valence-corrected chi connectivity index (χ4v) is 2.86. The molecule has 1 saturated carbocycles. The van der Waals surface area contributed by atoms with Gasteiger partial charge in [0.1, 0.15) is 0 Å². The van der Waals surface area contributed by atoms with E-state index in [1.807, 2.05) is 12.4 Å². The Bertz CT molecular complexity index is 304. The Kier molecular flexibility index (Phi) is 3.30. The van der Waals surface area contributed by atoms with Crippen LogP contribution < -0.4 is 0 Å². The summed E-state index contributed by atoms with van der Waals surface area (Å²) >= 11 is 6.54. The summed E-state index contributed by atoms with van der Waals surface area (Å²) in [5, 5.41) is 0.266. The number of hydrogen-bond donors (Lipinski definition) is 0. The van der Waals surface area contributed by atoms with Crippen molar-refractivity contribution in [2.45, 2.75) is 44.4 Å². The topological polar surface area (TPSA) is 12.9 Å². The normalized spacial score (nSPS) is 21.5. The Morgan fingerprint density at radius 3 is 2.53 bits per heavy atom. The highest BCUT2D eigenvalue weighted by Crippen LogP contribution is 2.43. The molecule has 0 aromatic carbocycles. The maximum Gasteiger partial charge on any atom is 0.0430 e. The first-order valence-electron chi connectivity index (χ1n) is 5.74. The van der Waals surface area contributed by atoms with E-state index in [-0.39, 0.29) is 5.38 Å². The molecule has 1 aromatic heterocycles. The van der Waals surface area contributed by atoms with Gasteiger partial charge in [0.05, 0.1) is 0 Å². The smallest absolute Gasteiger partial charge is 0.0430 e. The van der Waals surface area contributed by atoms with Crippen molar-refractivity contribution in [1.82, 2.24) is 4.98 Å². The number of hydrogen-bond acceptors (Lipinski definition) is 1. The molecule has 1 atom stereocenters. The number of halogens is 1. The van der Waals surface area contributed by atoms with E-state index in [9.17, 15) is 0 Å². The van der Waals surface area contributed by atoms with Gasteiger partial charge in [-0.05, 0) is 42.4 Å². The van der Waals surface area contributed by atoms with Crippen LogP contribution in [0.3, 0.4) is 0 Å². The van der Waals surface area contributed by atoms with Gasteiger partial charge in [0, 0.05) is 17.8 Å². The Morgan fingerprint density at radius 2 is 1.93 bits per heavy atom. The number of aromatic nitrogens is 1. The van der Waals surface area contributed by atoms with Crippen molar-refractivity contribution in [3.63, 3.8) is 0 Å². The van der Waals surface area contributed by atoms with Gasteiger partial charge in [-0.15, -0.1) is 11.6 Å². The zero-order chi connectivity index (χ0) is 10.7. The molecule has 1 nitrogen and oxygen atoms in total. The van der Waals surface area contributed by atoms with Gasteiger partial charge < -0.3 is 0 Å². The first-order valence-corrected chi connectivity index (χ1v) is 6.17. The SMILES string of the molecule is CC1(C(Cl)Cc2ccncc2)CCCC1. The summed E-state index contributed by atoms with van der Waals surface area (Å²) in [6, 6.07) is 4.13. The summed E-state index contributed by atoms with van der Waals surface area (Å²) in [5.74, 6) is 0. The molecule has 1 unspecified atom stereocenters. The van der Waals surface area contributed by atoms with E-state index in [4.69, 9.17) is 11.6 Å². The van der Waals surface area contributed by atoms with E-state index in [0.717, 1.165) is 6.42 Å². The minimum Gasteiger partial charge on any atom is -0.265 e. The predicted octanol–water partition coefficient (Wildman–Crippen LogP) is 3.81. The third-order valence-electron chi connectivity index (χ3n) is 3.67. The van der Waals surface area contributed by atoms with Crippen LogP contribution in [0.5, 0.6) is 0 Å². The zero-order valence-corrected chi connectivity index (χ0v) is 10.0. The summed E-state index contributed by atoms with van der Waals surface area (Å²) < 4.78 is 0. The van der Waals surface area contributed by atoms with Crippen LogP contribution in [0.15, 0.2) is 24.5 Å². The zero-order valence-electron chi connectivity index (χ0n) is 9.25. The number of pyridine rings is 1. The van der Waals surface area contributed by atoms with Gasteiger partial charge in [-0.3, -0.25) is 4.98 Å². The van der Waals surface area contributed by atoms with Crippen LogP contribution in [0.25, 0.3) is 0 Å². The van der Waals surface area contributed by atoms with Gasteiger partial charge in [0.25, 0.3) is 0 Å². The number of alkyl halides is 1. The molecule has 0 N–H and O–H groups in total. The van der Waals surface area contributed by atoms with Crippen LogP contribution in [-0.4, -0.2) is 10.4 Å². The van der Waals surface area contributed by atoms with Gasteiger partial charge in [0.2, 0.25) is 0 Å². The molecule has 82 valence electrons. The average Bonchev–Trinajstić information content (AvgIpc) is 2.68.